The molecular weight excluding hydrogens is 384 g/mol. The van der Waals surface area contributed by atoms with Gasteiger partial charge in [-0.05, 0) is 68.7 Å². The maximum atomic E-state index is 12.6. The molecule has 2 aromatic rings. The highest BCUT2D eigenvalue weighted by molar-refractivity contribution is 6.30. The molecule has 150 valence electrons. The number of carbonyl (C=O) groups is 1. The van der Waals surface area contributed by atoms with E-state index in [-0.39, 0.29) is 11.5 Å². The van der Waals surface area contributed by atoms with Crippen molar-refractivity contribution < 1.29 is 9.53 Å². The van der Waals surface area contributed by atoms with Gasteiger partial charge in [-0.3, -0.25) is 4.79 Å². The fourth-order valence-electron chi connectivity index (χ4n) is 3.61. The highest BCUT2D eigenvalue weighted by atomic mass is 35.5. The second-order valence-corrected chi connectivity index (χ2v) is 8.64. The van der Waals surface area contributed by atoms with Gasteiger partial charge in [-0.1, -0.05) is 35.4 Å². The number of nitrogens with zero attached hydrogens (tertiary/aromatic N) is 2. The van der Waals surface area contributed by atoms with Crippen LogP contribution in [-0.4, -0.2) is 41.9 Å². The Hall–Kier alpha value is -2.59. The highest BCUT2D eigenvalue weighted by Crippen LogP contribution is 2.24. The second kappa shape index (κ2) is 8.03. The van der Waals surface area contributed by atoms with Crippen molar-refractivity contribution in [1.29, 1.82) is 0 Å². The van der Waals surface area contributed by atoms with E-state index in [9.17, 15) is 4.79 Å². The molecule has 4 rings (SSSR count). The number of likely N-dealkylation sites (tertiary alicyclic amines) is 1. The number of amides is 1. The van der Waals surface area contributed by atoms with Crippen LogP contribution in [0.2, 0.25) is 5.02 Å². The van der Waals surface area contributed by atoms with Gasteiger partial charge in [0.05, 0.1) is 6.54 Å². The minimum atomic E-state index is -0.215. The van der Waals surface area contributed by atoms with Gasteiger partial charge in [0.25, 0.3) is 5.91 Å². The van der Waals surface area contributed by atoms with E-state index in [4.69, 9.17) is 16.3 Å². The molecule has 0 spiro atoms. The highest BCUT2D eigenvalue weighted by Gasteiger charge is 2.28. The van der Waals surface area contributed by atoms with Crippen LogP contribution in [-0.2, 0) is 4.74 Å². The molecule has 2 heterocycles. The van der Waals surface area contributed by atoms with Crippen molar-refractivity contribution in [2.45, 2.75) is 32.3 Å². The summed E-state index contributed by atoms with van der Waals surface area (Å²) in [5, 5.41) is 0.645. The molecule has 0 N–H and O–H groups in total. The van der Waals surface area contributed by atoms with E-state index in [0.717, 1.165) is 37.4 Å². The molecule has 2 aliphatic rings. The maximum absolute atomic E-state index is 12.6. The Labute approximate surface area is 176 Å². The fourth-order valence-corrected chi connectivity index (χ4v) is 3.74. The number of halogens is 1. The third-order valence-corrected chi connectivity index (χ3v) is 5.54. The normalized spacial score (nSPS) is 18.2. The topological polar surface area (TPSA) is 41.9 Å². The predicted molar refractivity (Wildman–Crippen MR) is 118 cm³/mol. The maximum Gasteiger partial charge on any atom is 0.253 e. The molecule has 1 amide bonds. The monoisotopic (exact) mass is 408 g/mol. The summed E-state index contributed by atoms with van der Waals surface area (Å²) in [5.41, 5.74) is 4.03. The lowest BCUT2D eigenvalue weighted by Crippen LogP contribution is -2.36. The Balaban J connectivity index is 1.36. The van der Waals surface area contributed by atoms with Gasteiger partial charge in [0.1, 0.15) is 5.60 Å². The first kappa shape index (κ1) is 19.7. The summed E-state index contributed by atoms with van der Waals surface area (Å²) < 4.78 is 5.89. The SMILES string of the molecule is CC1(C)CN=C(c2ccc(C=C3CCN(C(=O)c4ccc(Cl)cc4)CC3)cc2)O1. The lowest BCUT2D eigenvalue weighted by molar-refractivity contribution is 0.0744. The molecule has 5 heteroatoms. The number of hydrogen-bond donors (Lipinski definition) is 0. The number of piperidine rings is 1. The van der Waals surface area contributed by atoms with Gasteiger partial charge in [-0.15, -0.1) is 0 Å². The van der Waals surface area contributed by atoms with Gasteiger partial charge >= 0.3 is 0 Å². The van der Waals surface area contributed by atoms with E-state index in [2.05, 4.69) is 35.3 Å². The van der Waals surface area contributed by atoms with Crippen LogP contribution < -0.4 is 0 Å². The third-order valence-electron chi connectivity index (χ3n) is 5.29. The Kier molecular flexibility index (Phi) is 5.46. The molecule has 0 aliphatic carbocycles. The number of benzene rings is 2. The largest absolute Gasteiger partial charge is 0.469 e. The summed E-state index contributed by atoms with van der Waals surface area (Å²) >= 11 is 5.91. The van der Waals surface area contributed by atoms with E-state index in [1.807, 2.05) is 18.7 Å². The van der Waals surface area contributed by atoms with Crippen molar-refractivity contribution in [3.05, 3.63) is 75.8 Å². The molecule has 2 aromatic carbocycles. The standard InChI is InChI=1S/C24H25ClN2O2/c1-24(2)16-26-22(29-24)19-5-3-17(4-6-19)15-18-11-13-27(14-12-18)23(28)20-7-9-21(25)10-8-20/h3-10,15H,11-14,16H2,1-2H3. The predicted octanol–water partition coefficient (Wildman–Crippen LogP) is 5.22. The van der Waals surface area contributed by atoms with Crippen molar-refractivity contribution in [3.8, 4) is 0 Å². The van der Waals surface area contributed by atoms with E-state index in [1.54, 1.807) is 24.3 Å². The Bertz CT molecular complexity index is 949. The quantitative estimate of drug-likeness (QED) is 0.699. The summed E-state index contributed by atoms with van der Waals surface area (Å²) in [6, 6.07) is 15.4. The molecule has 0 saturated carbocycles. The van der Waals surface area contributed by atoms with Crippen molar-refractivity contribution in [3.63, 3.8) is 0 Å². The molecule has 4 nitrogen and oxygen atoms in total. The Morgan fingerprint density at radius 1 is 1.07 bits per heavy atom. The van der Waals surface area contributed by atoms with Gasteiger partial charge in [0, 0.05) is 29.2 Å². The van der Waals surface area contributed by atoms with Crippen LogP contribution in [0.15, 0.2) is 59.1 Å². The van der Waals surface area contributed by atoms with E-state index < -0.39 is 0 Å². The van der Waals surface area contributed by atoms with Gasteiger partial charge in [0.2, 0.25) is 5.90 Å². The van der Waals surface area contributed by atoms with Crippen LogP contribution in [0.25, 0.3) is 6.08 Å². The molecule has 1 fully saturated rings. The first-order chi connectivity index (χ1) is 13.9. The lowest BCUT2D eigenvalue weighted by Gasteiger charge is -2.28. The molecule has 0 bridgehead atoms. The first-order valence-electron chi connectivity index (χ1n) is 9.98. The van der Waals surface area contributed by atoms with Crippen molar-refractivity contribution >= 4 is 29.5 Å². The summed E-state index contributed by atoms with van der Waals surface area (Å²) in [4.78, 5) is 19.0. The first-order valence-corrected chi connectivity index (χ1v) is 10.4. The molecule has 0 aromatic heterocycles. The van der Waals surface area contributed by atoms with Crippen molar-refractivity contribution in [2.75, 3.05) is 19.6 Å². The smallest absolute Gasteiger partial charge is 0.253 e. The van der Waals surface area contributed by atoms with Crippen LogP contribution in [0.4, 0.5) is 0 Å². The lowest BCUT2D eigenvalue weighted by atomic mass is 9.99. The van der Waals surface area contributed by atoms with E-state index in [1.165, 1.54) is 11.1 Å². The molecule has 0 unspecified atom stereocenters. The van der Waals surface area contributed by atoms with Gasteiger partial charge in [0.15, 0.2) is 0 Å². The fraction of sp³-hybridized carbons (Fsp3) is 0.333. The average Bonchev–Trinajstić information content (AvgIpc) is 3.09. The number of carbonyl (C=O) groups excluding carboxylic acids is 1. The minimum absolute atomic E-state index is 0.0744. The molecule has 1 saturated heterocycles. The molecular formula is C24H25ClN2O2. The van der Waals surface area contributed by atoms with Crippen LogP contribution in [0, 0.1) is 0 Å². The van der Waals surface area contributed by atoms with E-state index >= 15 is 0 Å². The van der Waals surface area contributed by atoms with Crippen LogP contribution in [0.3, 0.4) is 0 Å². The van der Waals surface area contributed by atoms with Gasteiger partial charge in [-0.2, -0.15) is 0 Å². The molecule has 2 aliphatic heterocycles. The van der Waals surface area contributed by atoms with Crippen LogP contribution >= 0.6 is 11.6 Å². The van der Waals surface area contributed by atoms with E-state index in [0.29, 0.717) is 17.1 Å². The second-order valence-electron chi connectivity index (χ2n) is 8.21. The van der Waals surface area contributed by atoms with Crippen molar-refractivity contribution in [2.24, 2.45) is 4.99 Å². The Morgan fingerprint density at radius 2 is 1.72 bits per heavy atom. The molecule has 0 atom stereocenters. The number of ether oxygens (including phenoxy) is 1. The van der Waals surface area contributed by atoms with Gasteiger partial charge < -0.3 is 9.64 Å². The summed E-state index contributed by atoms with van der Waals surface area (Å²) in [5.74, 6) is 0.800. The van der Waals surface area contributed by atoms with Crippen LogP contribution in [0.1, 0.15) is 48.2 Å². The average molecular weight is 409 g/mol. The van der Waals surface area contributed by atoms with Crippen molar-refractivity contribution in [1.82, 2.24) is 4.90 Å². The zero-order valence-corrected chi connectivity index (χ0v) is 17.6. The third kappa shape index (κ3) is 4.70. The number of aliphatic imine (C=N–C) groups is 1. The van der Waals surface area contributed by atoms with Gasteiger partial charge in [-0.25, -0.2) is 4.99 Å². The summed E-state index contributed by atoms with van der Waals surface area (Å²) in [6.45, 7) is 6.27. The zero-order chi connectivity index (χ0) is 20.4. The molecule has 29 heavy (non-hydrogen) atoms. The summed E-state index contributed by atoms with van der Waals surface area (Å²) in [7, 11) is 0. The van der Waals surface area contributed by atoms with Crippen LogP contribution in [0.5, 0.6) is 0 Å². The molecule has 0 radical (unpaired) electrons. The number of rotatable bonds is 3. The zero-order valence-electron chi connectivity index (χ0n) is 16.8. The minimum Gasteiger partial charge on any atom is -0.469 e. The summed E-state index contributed by atoms with van der Waals surface area (Å²) in [6.07, 6.45) is 4.02. The Morgan fingerprint density at radius 3 is 2.31 bits per heavy atom. The number of hydrogen-bond acceptors (Lipinski definition) is 3.